The average molecular weight is 1010 g/mol. The summed E-state index contributed by atoms with van der Waals surface area (Å²) in [5, 5.41) is 6.81. The van der Waals surface area contributed by atoms with Gasteiger partial charge in [-0.25, -0.2) is 4.99 Å². The van der Waals surface area contributed by atoms with Gasteiger partial charge in [0.15, 0.2) is 5.84 Å². The predicted octanol–water partition coefficient (Wildman–Crippen LogP) is 18.4. The highest BCUT2D eigenvalue weighted by molar-refractivity contribution is 7.26. The molecular formula is C70H43N3OS2. The van der Waals surface area contributed by atoms with Crippen molar-refractivity contribution in [3.05, 3.63) is 276 Å². The third-order valence-electron chi connectivity index (χ3n) is 16.0. The summed E-state index contributed by atoms with van der Waals surface area (Å²) in [6.45, 7) is 0.364. The van der Waals surface area contributed by atoms with Crippen LogP contribution in [0.4, 0.5) is 0 Å². The Balaban J connectivity index is 0.800. The van der Waals surface area contributed by atoms with Crippen molar-refractivity contribution in [2.45, 2.75) is 12.0 Å². The molecule has 0 saturated heterocycles. The van der Waals surface area contributed by atoms with Gasteiger partial charge in [-0.3, -0.25) is 4.99 Å². The molecule has 0 saturated carbocycles. The van der Waals surface area contributed by atoms with Crippen molar-refractivity contribution in [2.24, 2.45) is 15.7 Å². The lowest BCUT2D eigenvalue weighted by Crippen LogP contribution is -2.25. The van der Waals surface area contributed by atoms with Crippen LogP contribution in [0.25, 0.3) is 107 Å². The molecule has 0 fully saturated rings. The highest BCUT2D eigenvalue weighted by Crippen LogP contribution is 2.63. The molecule has 1 spiro atoms. The lowest BCUT2D eigenvalue weighted by Gasteiger charge is -2.30. The Morgan fingerprint density at radius 3 is 1.75 bits per heavy atom. The number of amidine groups is 2. The van der Waals surface area contributed by atoms with E-state index < -0.39 is 5.41 Å². The van der Waals surface area contributed by atoms with Crippen LogP contribution in [0, 0.1) is 0 Å². The molecule has 76 heavy (non-hydrogen) atoms. The van der Waals surface area contributed by atoms with Gasteiger partial charge in [0.1, 0.15) is 17.0 Å². The van der Waals surface area contributed by atoms with Crippen LogP contribution in [0.5, 0.6) is 0 Å². The molecule has 6 heteroatoms. The zero-order valence-corrected chi connectivity index (χ0v) is 42.6. The average Bonchev–Trinajstić information content (AvgIpc) is 4.48. The second-order valence-corrected chi connectivity index (χ2v) is 22.2. The van der Waals surface area contributed by atoms with E-state index in [1.54, 1.807) is 22.7 Å². The predicted molar refractivity (Wildman–Crippen MR) is 321 cm³/mol. The molecule has 16 rings (SSSR count). The molecule has 2 N–H and O–H groups in total. The first kappa shape index (κ1) is 43.2. The van der Waals surface area contributed by atoms with E-state index in [1.807, 2.05) is 0 Å². The van der Waals surface area contributed by atoms with Crippen molar-refractivity contribution >= 4 is 96.6 Å². The summed E-state index contributed by atoms with van der Waals surface area (Å²) in [6, 6.07) is 85.9. The second kappa shape index (κ2) is 16.7. The van der Waals surface area contributed by atoms with Crippen LogP contribution in [0.2, 0.25) is 0 Å². The lowest BCUT2D eigenvalue weighted by atomic mass is 9.70. The van der Waals surface area contributed by atoms with Gasteiger partial charge in [-0.1, -0.05) is 170 Å². The topological polar surface area (TPSA) is 63.9 Å². The first-order valence-electron chi connectivity index (χ1n) is 25.8. The second-order valence-electron chi connectivity index (χ2n) is 20.1. The fourth-order valence-electron chi connectivity index (χ4n) is 12.7. The lowest BCUT2D eigenvalue weighted by molar-refractivity contribution is 0.668. The van der Waals surface area contributed by atoms with Gasteiger partial charge >= 0.3 is 0 Å². The van der Waals surface area contributed by atoms with Gasteiger partial charge in [0, 0.05) is 62.2 Å². The molecule has 0 bridgehead atoms. The highest BCUT2D eigenvalue weighted by Gasteiger charge is 2.51. The van der Waals surface area contributed by atoms with Crippen molar-refractivity contribution in [3.63, 3.8) is 0 Å². The van der Waals surface area contributed by atoms with Crippen LogP contribution in [0.1, 0.15) is 38.9 Å². The molecule has 2 aliphatic carbocycles. The van der Waals surface area contributed by atoms with Gasteiger partial charge in [0.05, 0.1) is 12.0 Å². The van der Waals surface area contributed by atoms with E-state index in [1.165, 1.54) is 90.6 Å². The number of benzene rings is 11. The molecule has 0 amide bonds. The third-order valence-corrected chi connectivity index (χ3v) is 18.3. The first-order valence-corrected chi connectivity index (χ1v) is 27.4. The molecule has 4 nitrogen and oxygen atoms in total. The molecule has 11 aromatic carbocycles. The van der Waals surface area contributed by atoms with Gasteiger partial charge < -0.3 is 10.2 Å². The fraction of sp³-hybridized carbons (Fsp3) is 0.0286. The van der Waals surface area contributed by atoms with Crippen molar-refractivity contribution in [3.8, 4) is 44.5 Å². The summed E-state index contributed by atoms with van der Waals surface area (Å²) in [5.74, 6) is 1.01. The third kappa shape index (κ3) is 6.35. The van der Waals surface area contributed by atoms with Crippen molar-refractivity contribution < 1.29 is 4.42 Å². The van der Waals surface area contributed by atoms with E-state index in [2.05, 4.69) is 237 Å². The minimum Gasteiger partial charge on any atom is -0.456 e. The summed E-state index contributed by atoms with van der Waals surface area (Å²) >= 11 is 3.58. The van der Waals surface area contributed by atoms with Gasteiger partial charge in [-0.05, 0) is 139 Å². The molecule has 2 aliphatic rings. The Morgan fingerprint density at radius 1 is 0.408 bits per heavy atom. The largest absolute Gasteiger partial charge is 0.456 e. The normalized spacial score (nSPS) is 13.6. The Bertz CT molecular complexity index is 4770. The summed E-state index contributed by atoms with van der Waals surface area (Å²) in [4.78, 5) is 10.7. The Kier molecular flexibility index (Phi) is 9.47. The number of nitrogens with two attached hydrogens (primary N) is 1. The Hall–Kier alpha value is -9.20. The molecular weight excluding hydrogens is 963 g/mol. The molecule has 0 unspecified atom stereocenters. The number of hydrogen-bond acceptors (Lipinski definition) is 4. The van der Waals surface area contributed by atoms with Crippen LogP contribution in [-0.4, -0.2) is 11.7 Å². The number of rotatable bonds is 6. The van der Waals surface area contributed by atoms with Crippen LogP contribution >= 0.6 is 22.7 Å². The zero-order valence-electron chi connectivity index (χ0n) is 40.9. The van der Waals surface area contributed by atoms with E-state index in [4.69, 9.17) is 20.1 Å². The number of aliphatic imine (C=N–C) groups is 2. The fourth-order valence-corrected chi connectivity index (χ4v) is 14.9. The minimum absolute atomic E-state index is 0.364. The highest BCUT2D eigenvalue weighted by atomic mass is 32.1. The smallest absolute Gasteiger partial charge is 0.158 e. The van der Waals surface area contributed by atoms with E-state index in [0.29, 0.717) is 18.2 Å². The van der Waals surface area contributed by atoms with E-state index in [0.717, 1.165) is 55.1 Å². The Labute approximate surface area is 446 Å². The summed E-state index contributed by atoms with van der Waals surface area (Å²) in [7, 11) is 0. The molecule has 0 radical (unpaired) electrons. The zero-order chi connectivity index (χ0) is 50.1. The van der Waals surface area contributed by atoms with Gasteiger partial charge in [0.25, 0.3) is 0 Å². The van der Waals surface area contributed by atoms with E-state index in [9.17, 15) is 0 Å². The van der Waals surface area contributed by atoms with Crippen LogP contribution in [0.3, 0.4) is 0 Å². The number of fused-ring (bicyclic) bond motifs is 19. The first-order chi connectivity index (χ1) is 37.6. The molecule has 0 atom stereocenters. The molecule has 0 aliphatic heterocycles. The monoisotopic (exact) mass is 1010 g/mol. The van der Waals surface area contributed by atoms with Crippen molar-refractivity contribution in [2.75, 3.05) is 0 Å². The maximum Gasteiger partial charge on any atom is 0.158 e. The van der Waals surface area contributed by atoms with Crippen LogP contribution < -0.4 is 5.73 Å². The standard InChI is InChI=1S/C70H43N3OS2/c71-68(45-32-35-64-54(38-45)51-20-4-9-27-62(51)75-64)73-69(53-22-13-29-65-67(53)52-21-5-10-28-63(52)76-65)72-40-46-16-12-26-61-66(46)55-37-43(31-34-60(55)74-61)41-14-11-15-42(36-41)44-30-33-50-49-19-3-8-25-58(49)70(59(50)39-44)56-23-6-1-17-47(56)48-18-2-7-24-57(48)70/h1-39H,40H2,(H2,71,72,73). The minimum atomic E-state index is -0.401. The Morgan fingerprint density at radius 2 is 0.987 bits per heavy atom. The molecule has 3 heterocycles. The van der Waals surface area contributed by atoms with Crippen LogP contribution in [-0.2, 0) is 12.0 Å². The number of nitrogens with zero attached hydrogens (tertiary/aromatic N) is 2. The van der Waals surface area contributed by atoms with Gasteiger partial charge in [0.2, 0.25) is 0 Å². The SMILES string of the molecule is NC(=NC(=NCc1cccc2oc3ccc(-c4cccc(-c5ccc6c(c5)C5(c7ccccc7-c7ccccc75)c5ccccc5-6)c4)cc3c12)c1cccc2sc3ccccc3c12)c1ccc2sc3ccccc3c2c1. The number of thiophene rings is 2. The number of furan rings is 1. The van der Waals surface area contributed by atoms with Crippen LogP contribution in [0.15, 0.2) is 251 Å². The summed E-state index contributed by atoms with van der Waals surface area (Å²) < 4.78 is 11.5. The van der Waals surface area contributed by atoms with Crippen molar-refractivity contribution in [1.82, 2.24) is 0 Å². The van der Waals surface area contributed by atoms with E-state index >= 15 is 0 Å². The molecule has 14 aromatic rings. The van der Waals surface area contributed by atoms with Gasteiger partial charge in [-0.2, -0.15) is 0 Å². The molecule has 356 valence electrons. The maximum absolute atomic E-state index is 7.07. The maximum atomic E-state index is 7.07. The van der Waals surface area contributed by atoms with Gasteiger partial charge in [-0.15, -0.1) is 22.7 Å². The summed E-state index contributed by atoms with van der Waals surface area (Å²) in [6.07, 6.45) is 0. The van der Waals surface area contributed by atoms with E-state index in [-0.39, 0.29) is 0 Å². The number of hydrogen-bond donors (Lipinski definition) is 1. The van der Waals surface area contributed by atoms with Crippen molar-refractivity contribution in [1.29, 1.82) is 0 Å². The summed E-state index contributed by atoms with van der Waals surface area (Å²) in [5.41, 5.74) is 26.4. The molecule has 3 aromatic heterocycles. The quantitative estimate of drug-likeness (QED) is 0.133.